The van der Waals surface area contributed by atoms with Crippen molar-refractivity contribution >= 4 is 38.4 Å². The maximum absolute atomic E-state index is 13.1. The number of nitrogens with zero attached hydrogens (tertiary/aromatic N) is 5. The molecule has 0 radical (unpaired) electrons. The smallest absolute Gasteiger partial charge is 0.276 e. The van der Waals surface area contributed by atoms with Gasteiger partial charge in [-0.05, 0) is 73.4 Å². The molecule has 2 aromatic carbocycles. The molecule has 0 aliphatic heterocycles. The highest BCUT2D eigenvalue weighted by Crippen LogP contribution is 2.27. The molecule has 11 nitrogen and oxygen atoms in total. The number of amides is 1. The summed E-state index contributed by atoms with van der Waals surface area (Å²) < 4.78 is 30.9. The number of nitrogens with one attached hydrogen (secondary N) is 1. The van der Waals surface area contributed by atoms with Crippen molar-refractivity contribution in [3.8, 4) is 5.69 Å². The van der Waals surface area contributed by atoms with Crippen LogP contribution in [0, 0.1) is 6.92 Å². The van der Waals surface area contributed by atoms with Gasteiger partial charge in [0.05, 0.1) is 16.0 Å². The Kier molecular flexibility index (Phi) is 6.54. The molecule has 5 aromatic rings. The largest absolute Gasteiger partial charge is 0.348 e. The molecule has 3 heterocycles. The van der Waals surface area contributed by atoms with Gasteiger partial charge < -0.3 is 9.84 Å². The molecule has 206 valence electrons. The molecule has 0 bridgehead atoms. The second-order valence-corrected chi connectivity index (χ2v) is 11.8. The van der Waals surface area contributed by atoms with Crippen LogP contribution in [-0.4, -0.2) is 51.5 Å². The summed E-state index contributed by atoms with van der Waals surface area (Å²) in [5.41, 5.74) is 2.15. The first-order valence-electron chi connectivity index (χ1n) is 12.8. The van der Waals surface area contributed by atoms with E-state index in [1.165, 1.54) is 16.8 Å². The maximum Gasteiger partial charge on any atom is 0.276 e. The van der Waals surface area contributed by atoms with Gasteiger partial charge in [-0.2, -0.15) is 10.1 Å². The van der Waals surface area contributed by atoms with E-state index in [9.17, 15) is 18.0 Å². The molecule has 1 aliphatic carbocycles. The average Bonchev–Trinajstić information content (AvgIpc) is 3.68. The van der Waals surface area contributed by atoms with Crippen LogP contribution in [0.4, 0.5) is 0 Å². The lowest BCUT2D eigenvalue weighted by atomic mass is 10.0. The Bertz CT molecular complexity index is 2010. The highest BCUT2D eigenvalue weighted by Gasteiger charge is 2.27. The van der Waals surface area contributed by atoms with E-state index in [0.29, 0.717) is 33.9 Å². The summed E-state index contributed by atoms with van der Waals surface area (Å²) in [6.07, 6.45) is 6.29. The quantitative estimate of drug-likeness (QED) is 0.292. The number of aryl methyl sites for hydroxylation is 1. The van der Waals surface area contributed by atoms with Crippen molar-refractivity contribution in [3.05, 3.63) is 106 Å². The Morgan fingerprint density at radius 1 is 1.10 bits per heavy atom. The number of hydrogen-bond donors (Lipinski definition) is 1. The average molecular weight is 569 g/mol. The fraction of sp³-hybridized carbons (Fsp3) is 0.172. The van der Waals surface area contributed by atoms with Crippen LogP contribution in [0.3, 0.4) is 0 Å². The molecule has 1 aliphatic rings. The van der Waals surface area contributed by atoms with Crippen molar-refractivity contribution in [2.24, 2.45) is 0 Å². The number of aromatic nitrogens is 5. The number of pyridine rings is 1. The molecular weight excluding hydrogens is 544 g/mol. The SMILES string of the molecule is Cc1noc(/C(=C/c2cccc(-n3nc(C(=O)NC4CC4)c(=O)c4cccnc43)c2)c2ccc(S(C)(=O)=O)cc2)n1. The lowest BCUT2D eigenvalue weighted by Crippen LogP contribution is -2.33. The molecule has 0 spiro atoms. The molecule has 1 amide bonds. The third kappa shape index (κ3) is 5.41. The summed E-state index contributed by atoms with van der Waals surface area (Å²) in [4.78, 5) is 34.9. The van der Waals surface area contributed by atoms with Crippen LogP contribution in [0.5, 0.6) is 0 Å². The van der Waals surface area contributed by atoms with Crippen molar-refractivity contribution in [2.45, 2.75) is 30.7 Å². The Labute approximate surface area is 234 Å². The third-order valence-electron chi connectivity index (χ3n) is 6.55. The Balaban J connectivity index is 1.47. The van der Waals surface area contributed by atoms with E-state index in [-0.39, 0.29) is 27.9 Å². The normalized spacial score (nSPS) is 13.9. The first-order valence-corrected chi connectivity index (χ1v) is 14.7. The Morgan fingerprint density at radius 2 is 1.88 bits per heavy atom. The van der Waals surface area contributed by atoms with E-state index in [0.717, 1.165) is 19.1 Å². The van der Waals surface area contributed by atoms with Gasteiger partial charge in [-0.15, -0.1) is 0 Å². The second kappa shape index (κ2) is 10.2. The van der Waals surface area contributed by atoms with Crippen LogP contribution in [-0.2, 0) is 9.84 Å². The number of carbonyl (C=O) groups is 1. The van der Waals surface area contributed by atoms with Crippen molar-refractivity contribution in [3.63, 3.8) is 0 Å². The van der Waals surface area contributed by atoms with Crippen LogP contribution in [0.1, 0.15) is 46.2 Å². The monoisotopic (exact) mass is 568 g/mol. The van der Waals surface area contributed by atoms with E-state index < -0.39 is 21.2 Å². The Morgan fingerprint density at radius 3 is 2.56 bits per heavy atom. The molecule has 3 aromatic heterocycles. The zero-order valence-electron chi connectivity index (χ0n) is 22.1. The van der Waals surface area contributed by atoms with Crippen molar-refractivity contribution in [1.29, 1.82) is 0 Å². The molecule has 6 rings (SSSR count). The molecule has 1 fully saturated rings. The summed E-state index contributed by atoms with van der Waals surface area (Å²) in [7, 11) is -3.37. The van der Waals surface area contributed by atoms with Crippen LogP contribution in [0.15, 0.2) is 81.1 Å². The van der Waals surface area contributed by atoms with Crippen LogP contribution in [0.2, 0.25) is 0 Å². The number of rotatable bonds is 7. The van der Waals surface area contributed by atoms with Crippen molar-refractivity contribution in [1.82, 2.24) is 30.2 Å². The fourth-order valence-corrected chi connectivity index (χ4v) is 4.97. The highest BCUT2D eigenvalue weighted by molar-refractivity contribution is 7.90. The van der Waals surface area contributed by atoms with E-state index in [1.54, 1.807) is 43.5 Å². The number of hydrogen-bond acceptors (Lipinski definition) is 9. The third-order valence-corrected chi connectivity index (χ3v) is 7.68. The summed E-state index contributed by atoms with van der Waals surface area (Å²) in [5.74, 6) is 0.187. The highest BCUT2D eigenvalue weighted by atomic mass is 32.2. The number of benzene rings is 2. The summed E-state index contributed by atoms with van der Waals surface area (Å²) in [6.45, 7) is 1.70. The maximum atomic E-state index is 13.1. The summed E-state index contributed by atoms with van der Waals surface area (Å²) in [6, 6.07) is 17.0. The first-order chi connectivity index (χ1) is 19.7. The lowest BCUT2D eigenvalue weighted by Gasteiger charge is -2.12. The number of fused-ring (bicyclic) bond motifs is 1. The van der Waals surface area contributed by atoms with Gasteiger partial charge in [0, 0.05) is 24.1 Å². The molecule has 1 saturated carbocycles. The van der Waals surface area contributed by atoms with Gasteiger partial charge in [0.2, 0.25) is 5.43 Å². The lowest BCUT2D eigenvalue weighted by molar-refractivity contribution is 0.0943. The van der Waals surface area contributed by atoms with Gasteiger partial charge in [0.25, 0.3) is 11.8 Å². The molecule has 12 heteroatoms. The van der Waals surface area contributed by atoms with Gasteiger partial charge in [0.15, 0.2) is 27.0 Å². The van der Waals surface area contributed by atoms with E-state index in [4.69, 9.17) is 4.52 Å². The zero-order valence-corrected chi connectivity index (χ0v) is 22.9. The standard InChI is InChI=1S/C29H24N6O5S/c1-17-31-29(40-34-17)24(19-8-12-22(13-9-19)41(2,38)39)16-18-5-3-6-21(15-18)35-27-23(7-4-14-30-27)26(36)25(33-35)28(37)32-20-10-11-20/h3-9,12-16,20H,10-11H2,1-2H3,(H,32,37)/b24-16+. The Hall–Kier alpha value is -4.97. The van der Waals surface area contributed by atoms with Gasteiger partial charge in [-0.25, -0.2) is 18.1 Å². The van der Waals surface area contributed by atoms with Crippen LogP contribution < -0.4 is 10.7 Å². The fourth-order valence-electron chi connectivity index (χ4n) is 4.34. The predicted octanol–water partition coefficient (Wildman–Crippen LogP) is 3.36. The van der Waals surface area contributed by atoms with Gasteiger partial charge in [-0.1, -0.05) is 29.4 Å². The molecular formula is C29H24N6O5S. The minimum atomic E-state index is -3.37. The number of sulfone groups is 1. The van der Waals surface area contributed by atoms with Gasteiger partial charge in [0.1, 0.15) is 0 Å². The van der Waals surface area contributed by atoms with Crippen LogP contribution >= 0.6 is 0 Å². The van der Waals surface area contributed by atoms with Crippen molar-refractivity contribution in [2.75, 3.05) is 6.26 Å². The summed E-state index contributed by atoms with van der Waals surface area (Å²) in [5, 5.41) is 11.5. The van der Waals surface area contributed by atoms with Crippen LogP contribution in [0.25, 0.3) is 28.4 Å². The molecule has 41 heavy (non-hydrogen) atoms. The minimum Gasteiger partial charge on any atom is -0.348 e. The molecule has 0 saturated heterocycles. The molecule has 0 atom stereocenters. The topological polar surface area (TPSA) is 150 Å². The zero-order chi connectivity index (χ0) is 28.7. The number of carbonyl (C=O) groups excluding carboxylic acids is 1. The first kappa shape index (κ1) is 26.3. The van der Waals surface area contributed by atoms with Gasteiger partial charge >= 0.3 is 0 Å². The van der Waals surface area contributed by atoms with E-state index >= 15 is 0 Å². The predicted molar refractivity (Wildman–Crippen MR) is 151 cm³/mol. The summed E-state index contributed by atoms with van der Waals surface area (Å²) >= 11 is 0. The molecule has 0 unspecified atom stereocenters. The minimum absolute atomic E-state index is 0.0634. The van der Waals surface area contributed by atoms with E-state index in [2.05, 4.69) is 25.5 Å². The second-order valence-electron chi connectivity index (χ2n) is 9.81. The molecule has 1 N–H and O–H groups in total. The van der Waals surface area contributed by atoms with Crippen molar-refractivity contribution < 1.29 is 17.7 Å². The van der Waals surface area contributed by atoms with Gasteiger partial charge in [-0.3, -0.25) is 9.59 Å². The van der Waals surface area contributed by atoms with E-state index in [1.807, 2.05) is 24.3 Å².